The number of rotatable bonds is 3. The van der Waals surface area contributed by atoms with Crippen LogP contribution in [0.2, 0.25) is 0 Å². The van der Waals surface area contributed by atoms with Crippen LogP contribution in [-0.2, 0) is 0 Å². The van der Waals surface area contributed by atoms with Gasteiger partial charge >= 0.3 is 0 Å². The molecule has 2 aliphatic heterocycles. The predicted octanol–water partition coefficient (Wildman–Crippen LogP) is 2.93. The third kappa shape index (κ3) is 3.50. The lowest BCUT2D eigenvalue weighted by Gasteiger charge is -2.25. The smallest absolute Gasteiger partial charge is 0.231 e. The molecule has 1 fully saturated rings. The van der Waals surface area contributed by atoms with Gasteiger partial charge in [-0.3, -0.25) is 0 Å². The maximum atomic E-state index is 6.40. The molecule has 0 aliphatic carbocycles. The standard InChI is InChI=1S/C17H26N2O2/c1-17(2)6-3-8-19(9-7-17)11-14(18)13-4-5-15-16(10-13)21-12-20-15/h4-5,10,14H,3,6-9,11-12,18H2,1-2H3. The van der Waals surface area contributed by atoms with Crippen molar-refractivity contribution in [2.75, 3.05) is 26.4 Å². The Labute approximate surface area is 127 Å². The first kappa shape index (κ1) is 14.7. The van der Waals surface area contributed by atoms with E-state index in [1.54, 1.807) is 0 Å². The lowest BCUT2D eigenvalue weighted by atomic mass is 9.85. The van der Waals surface area contributed by atoms with Gasteiger partial charge in [-0.05, 0) is 55.5 Å². The summed E-state index contributed by atoms with van der Waals surface area (Å²) in [5.74, 6) is 1.64. The maximum absolute atomic E-state index is 6.40. The van der Waals surface area contributed by atoms with E-state index in [0.717, 1.165) is 36.7 Å². The van der Waals surface area contributed by atoms with Crippen molar-refractivity contribution in [1.82, 2.24) is 4.90 Å². The predicted molar refractivity (Wildman–Crippen MR) is 83.6 cm³/mol. The molecule has 1 unspecified atom stereocenters. The second-order valence-corrected chi connectivity index (χ2v) is 7.04. The Morgan fingerprint density at radius 1 is 1.19 bits per heavy atom. The van der Waals surface area contributed by atoms with E-state index in [4.69, 9.17) is 15.2 Å². The summed E-state index contributed by atoms with van der Waals surface area (Å²) in [5.41, 5.74) is 8.00. The van der Waals surface area contributed by atoms with Gasteiger partial charge in [0.1, 0.15) is 0 Å². The first-order chi connectivity index (χ1) is 10.0. The van der Waals surface area contributed by atoms with Crippen LogP contribution in [0.5, 0.6) is 11.5 Å². The molecule has 4 heteroatoms. The van der Waals surface area contributed by atoms with Gasteiger partial charge in [-0.2, -0.15) is 0 Å². The van der Waals surface area contributed by atoms with Gasteiger partial charge in [-0.25, -0.2) is 0 Å². The monoisotopic (exact) mass is 290 g/mol. The number of benzene rings is 1. The van der Waals surface area contributed by atoms with E-state index < -0.39 is 0 Å². The molecular formula is C17H26N2O2. The average molecular weight is 290 g/mol. The van der Waals surface area contributed by atoms with Crippen LogP contribution in [0.1, 0.15) is 44.7 Å². The molecule has 0 amide bonds. The van der Waals surface area contributed by atoms with Crippen LogP contribution in [0, 0.1) is 5.41 Å². The summed E-state index contributed by atoms with van der Waals surface area (Å²) >= 11 is 0. The number of fused-ring (bicyclic) bond motifs is 1. The number of ether oxygens (including phenoxy) is 2. The third-order valence-electron chi connectivity index (χ3n) is 4.71. The topological polar surface area (TPSA) is 47.7 Å². The quantitative estimate of drug-likeness (QED) is 0.930. The Morgan fingerprint density at radius 2 is 2.00 bits per heavy atom. The van der Waals surface area contributed by atoms with Gasteiger partial charge < -0.3 is 20.1 Å². The second kappa shape index (κ2) is 5.85. The fourth-order valence-corrected chi connectivity index (χ4v) is 3.19. The lowest BCUT2D eigenvalue weighted by Crippen LogP contribution is -2.33. The van der Waals surface area contributed by atoms with Crippen LogP contribution in [0.3, 0.4) is 0 Å². The molecule has 2 heterocycles. The zero-order valence-corrected chi connectivity index (χ0v) is 13.1. The van der Waals surface area contributed by atoms with E-state index in [-0.39, 0.29) is 6.04 Å². The Morgan fingerprint density at radius 3 is 2.86 bits per heavy atom. The summed E-state index contributed by atoms with van der Waals surface area (Å²) in [5, 5.41) is 0. The van der Waals surface area contributed by atoms with E-state index in [1.807, 2.05) is 12.1 Å². The minimum atomic E-state index is 0.0284. The van der Waals surface area contributed by atoms with Gasteiger partial charge in [0.15, 0.2) is 11.5 Å². The molecule has 2 N–H and O–H groups in total. The molecule has 4 nitrogen and oxygen atoms in total. The van der Waals surface area contributed by atoms with Crippen LogP contribution in [0.4, 0.5) is 0 Å². The van der Waals surface area contributed by atoms with Crippen LogP contribution in [0.25, 0.3) is 0 Å². The summed E-state index contributed by atoms with van der Waals surface area (Å²) < 4.78 is 10.8. The molecule has 0 aromatic heterocycles. The highest BCUT2D eigenvalue weighted by Gasteiger charge is 2.24. The number of nitrogens with zero attached hydrogens (tertiary/aromatic N) is 1. The fourth-order valence-electron chi connectivity index (χ4n) is 3.19. The van der Waals surface area contributed by atoms with E-state index >= 15 is 0 Å². The highest BCUT2D eigenvalue weighted by molar-refractivity contribution is 5.45. The van der Waals surface area contributed by atoms with Crippen molar-refractivity contribution in [3.8, 4) is 11.5 Å². The van der Waals surface area contributed by atoms with Gasteiger partial charge in [-0.1, -0.05) is 19.9 Å². The largest absolute Gasteiger partial charge is 0.454 e. The first-order valence-electron chi connectivity index (χ1n) is 7.91. The fraction of sp³-hybridized carbons (Fsp3) is 0.647. The molecular weight excluding hydrogens is 264 g/mol. The van der Waals surface area contributed by atoms with Crippen LogP contribution >= 0.6 is 0 Å². The average Bonchev–Trinajstić information content (AvgIpc) is 2.84. The summed E-state index contributed by atoms with van der Waals surface area (Å²) in [6, 6.07) is 6.07. The zero-order valence-electron chi connectivity index (χ0n) is 13.1. The van der Waals surface area contributed by atoms with Gasteiger partial charge in [0.2, 0.25) is 6.79 Å². The number of hydrogen-bond acceptors (Lipinski definition) is 4. The van der Waals surface area contributed by atoms with Gasteiger partial charge in [-0.15, -0.1) is 0 Å². The Bertz CT molecular complexity index is 502. The molecule has 3 rings (SSSR count). The van der Waals surface area contributed by atoms with Gasteiger partial charge in [0.05, 0.1) is 0 Å². The molecule has 21 heavy (non-hydrogen) atoms. The molecule has 1 atom stereocenters. The first-order valence-corrected chi connectivity index (χ1v) is 7.91. The summed E-state index contributed by atoms with van der Waals surface area (Å²) in [6.45, 7) is 8.26. The van der Waals surface area contributed by atoms with Crippen molar-refractivity contribution < 1.29 is 9.47 Å². The highest BCUT2D eigenvalue weighted by Crippen LogP contribution is 2.34. The maximum Gasteiger partial charge on any atom is 0.231 e. The van der Waals surface area contributed by atoms with Crippen molar-refractivity contribution in [3.05, 3.63) is 23.8 Å². The van der Waals surface area contributed by atoms with Crippen molar-refractivity contribution in [3.63, 3.8) is 0 Å². The van der Waals surface area contributed by atoms with E-state index in [2.05, 4.69) is 24.8 Å². The Balaban J connectivity index is 1.62. The van der Waals surface area contributed by atoms with E-state index in [9.17, 15) is 0 Å². The molecule has 116 valence electrons. The molecule has 1 aromatic rings. The minimum absolute atomic E-state index is 0.0284. The minimum Gasteiger partial charge on any atom is -0.454 e. The van der Waals surface area contributed by atoms with E-state index in [0.29, 0.717) is 12.2 Å². The summed E-state index contributed by atoms with van der Waals surface area (Å²) in [4.78, 5) is 2.50. The Hall–Kier alpha value is -1.26. The SMILES string of the molecule is CC1(C)CCCN(CC(N)c2ccc3c(c2)OCO3)CC1. The number of likely N-dealkylation sites (tertiary alicyclic amines) is 1. The van der Waals surface area contributed by atoms with Crippen LogP contribution in [-0.4, -0.2) is 31.3 Å². The van der Waals surface area contributed by atoms with E-state index in [1.165, 1.54) is 19.3 Å². The molecule has 1 saturated heterocycles. The third-order valence-corrected chi connectivity index (χ3v) is 4.71. The van der Waals surface area contributed by atoms with Gasteiger partial charge in [0.25, 0.3) is 0 Å². The molecule has 0 saturated carbocycles. The summed E-state index contributed by atoms with van der Waals surface area (Å²) in [6.07, 6.45) is 3.82. The zero-order chi connectivity index (χ0) is 14.9. The molecule has 2 aliphatic rings. The Kier molecular flexibility index (Phi) is 4.09. The summed E-state index contributed by atoms with van der Waals surface area (Å²) in [7, 11) is 0. The lowest BCUT2D eigenvalue weighted by molar-refractivity contribution is 0.174. The molecule has 0 radical (unpaired) electrons. The number of nitrogens with two attached hydrogens (primary N) is 1. The molecule has 1 aromatic carbocycles. The van der Waals surface area contributed by atoms with Crippen molar-refractivity contribution in [2.45, 2.75) is 39.2 Å². The molecule has 0 bridgehead atoms. The van der Waals surface area contributed by atoms with Crippen LogP contribution < -0.4 is 15.2 Å². The number of hydrogen-bond donors (Lipinski definition) is 1. The van der Waals surface area contributed by atoms with Crippen molar-refractivity contribution in [1.29, 1.82) is 0 Å². The van der Waals surface area contributed by atoms with Crippen molar-refractivity contribution >= 4 is 0 Å². The second-order valence-electron chi connectivity index (χ2n) is 7.04. The van der Waals surface area contributed by atoms with Gasteiger partial charge in [0, 0.05) is 12.6 Å². The van der Waals surface area contributed by atoms with Crippen LogP contribution in [0.15, 0.2) is 18.2 Å². The highest BCUT2D eigenvalue weighted by atomic mass is 16.7. The van der Waals surface area contributed by atoms with Crippen molar-refractivity contribution in [2.24, 2.45) is 11.1 Å². The normalized spacial score (nSPS) is 22.8. The molecule has 0 spiro atoms.